The molecule has 2 aliphatic rings. The van der Waals surface area contributed by atoms with Gasteiger partial charge < -0.3 is 4.52 Å². The first-order chi connectivity index (χ1) is 13.1. The Balaban J connectivity index is 1.39. The van der Waals surface area contributed by atoms with Gasteiger partial charge in [0, 0.05) is 30.0 Å². The second-order valence-corrected chi connectivity index (χ2v) is 10.2. The van der Waals surface area contributed by atoms with E-state index in [2.05, 4.69) is 16.2 Å². The van der Waals surface area contributed by atoms with Crippen molar-refractivity contribution in [2.75, 3.05) is 6.54 Å². The van der Waals surface area contributed by atoms with E-state index in [0.717, 1.165) is 24.8 Å². The number of hydrogen-bond donors (Lipinski definition) is 0. The van der Waals surface area contributed by atoms with Gasteiger partial charge in [-0.05, 0) is 36.5 Å². The van der Waals surface area contributed by atoms with E-state index in [1.165, 1.54) is 23.3 Å². The van der Waals surface area contributed by atoms with Gasteiger partial charge in [-0.1, -0.05) is 35.8 Å². The van der Waals surface area contributed by atoms with Gasteiger partial charge in [-0.15, -0.1) is 11.3 Å². The average molecular weight is 402 g/mol. The van der Waals surface area contributed by atoms with Crippen molar-refractivity contribution < 1.29 is 12.9 Å². The fourth-order valence-electron chi connectivity index (χ4n) is 3.54. The Hall–Kier alpha value is -2.03. The predicted molar refractivity (Wildman–Crippen MR) is 102 cm³/mol. The van der Waals surface area contributed by atoms with Crippen LogP contribution in [-0.4, -0.2) is 29.4 Å². The van der Waals surface area contributed by atoms with E-state index in [1.807, 2.05) is 18.2 Å². The predicted octanol–water partition coefficient (Wildman–Crippen LogP) is 3.81. The van der Waals surface area contributed by atoms with Crippen molar-refractivity contribution >= 4 is 21.4 Å². The molecule has 1 fully saturated rings. The zero-order chi connectivity index (χ0) is 18.4. The maximum absolute atomic E-state index is 13.1. The first kappa shape index (κ1) is 17.1. The summed E-state index contributed by atoms with van der Waals surface area (Å²) in [6, 6.07) is 9.68. The van der Waals surface area contributed by atoms with Gasteiger partial charge in [-0.25, -0.2) is 8.42 Å². The van der Waals surface area contributed by atoms with E-state index in [1.54, 1.807) is 15.8 Å². The summed E-state index contributed by atoms with van der Waals surface area (Å²) in [5.74, 6) is 1.50. The third-order valence-corrected chi connectivity index (χ3v) is 8.68. The van der Waals surface area contributed by atoms with Gasteiger partial charge in [-0.3, -0.25) is 0 Å². The minimum atomic E-state index is -3.53. The number of sulfonamides is 1. The third-order valence-electron chi connectivity index (χ3n) is 5.42. The summed E-state index contributed by atoms with van der Waals surface area (Å²) in [5, 5.41) is 5.83. The van der Waals surface area contributed by atoms with E-state index in [9.17, 15) is 8.42 Å². The van der Waals surface area contributed by atoms with Crippen molar-refractivity contribution in [2.24, 2.45) is 0 Å². The topological polar surface area (TPSA) is 76.3 Å². The summed E-state index contributed by atoms with van der Waals surface area (Å²) in [6.07, 6.45) is 4.11. The van der Waals surface area contributed by atoms with Crippen LogP contribution >= 0.6 is 11.3 Å². The van der Waals surface area contributed by atoms with Gasteiger partial charge in [0.05, 0.1) is 0 Å². The smallest absolute Gasteiger partial charge is 0.252 e. The summed E-state index contributed by atoms with van der Waals surface area (Å²) in [5.41, 5.74) is 3.00. The maximum atomic E-state index is 13.1. The van der Waals surface area contributed by atoms with Crippen molar-refractivity contribution in [2.45, 2.75) is 42.4 Å². The lowest BCUT2D eigenvalue weighted by atomic mass is 9.85. The summed E-state index contributed by atoms with van der Waals surface area (Å²) in [7, 11) is -3.53. The number of benzene rings is 1. The van der Waals surface area contributed by atoms with Gasteiger partial charge >= 0.3 is 0 Å². The first-order valence-electron chi connectivity index (χ1n) is 9.11. The lowest BCUT2D eigenvalue weighted by molar-refractivity contribution is 0.292. The molecule has 140 valence electrons. The molecular weight excluding hydrogens is 382 g/mol. The number of nitrogens with zero attached hydrogens (tertiary/aromatic N) is 3. The Labute approximate surface area is 161 Å². The molecule has 8 heteroatoms. The van der Waals surface area contributed by atoms with Crippen LogP contribution in [-0.2, 0) is 23.0 Å². The first-order valence-corrected chi connectivity index (χ1v) is 11.4. The van der Waals surface area contributed by atoms with Crippen LogP contribution in [0.25, 0.3) is 11.4 Å². The number of rotatable bonds is 4. The fourth-order valence-corrected chi connectivity index (χ4v) is 6.27. The van der Waals surface area contributed by atoms with Crippen LogP contribution in [0.15, 0.2) is 44.4 Å². The molecular formula is C19H19N3O3S2. The van der Waals surface area contributed by atoms with Gasteiger partial charge in [0.25, 0.3) is 10.0 Å². The van der Waals surface area contributed by atoms with E-state index in [-0.39, 0.29) is 0 Å². The molecule has 6 nitrogen and oxygen atoms in total. The highest BCUT2D eigenvalue weighted by Crippen LogP contribution is 2.37. The quantitative estimate of drug-likeness (QED) is 0.664. The van der Waals surface area contributed by atoms with Crippen LogP contribution in [0.4, 0.5) is 0 Å². The van der Waals surface area contributed by atoms with Gasteiger partial charge in [0.15, 0.2) is 0 Å². The number of fused-ring (bicyclic) bond motifs is 1. The average Bonchev–Trinajstić information content (AvgIpc) is 3.29. The second kappa shape index (κ2) is 6.54. The highest BCUT2D eigenvalue weighted by Gasteiger charge is 2.30. The number of aromatic nitrogens is 2. The van der Waals surface area contributed by atoms with Crippen molar-refractivity contribution in [3.8, 4) is 11.4 Å². The minimum Gasteiger partial charge on any atom is -0.339 e. The van der Waals surface area contributed by atoms with Gasteiger partial charge in [-0.2, -0.15) is 9.29 Å². The lowest BCUT2D eigenvalue weighted by Crippen LogP contribution is -2.35. The normalized spacial score (nSPS) is 18.2. The molecule has 1 aliphatic carbocycles. The Bertz CT molecular complexity index is 1080. The Morgan fingerprint density at radius 1 is 1.19 bits per heavy atom. The standard InChI is InChI=1S/C19H19N3O3S2/c23-27(24,22-9-8-13-4-1-2-5-15(13)11-22)17-10-16(12-26-17)18-20-19(25-21-18)14-6-3-7-14/h1-2,4-5,10,12,14H,3,6-9,11H2. The molecule has 1 aromatic carbocycles. The largest absolute Gasteiger partial charge is 0.339 e. The van der Waals surface area contributed by atoms with Crippen molar-refractivity contribution in [3.05, 3.63) is 52.7 Å². The van der Waals surface area contributed by atoms with Crippen LogP contribution in [0.5, 0.6) is 0 Å². The molecule has 0 spiro atoms. The molecule has 0 atom stereocenters. The fraction of sp³-hybridized carbons (Fsp3) is 0.368. The molecule has 5 rings (SSSR count). The Morgan fingerprint density at radius 2 is 2.00 bits per heavy atom. The second-order valence-electron chi connectivity index (χ2n) is 7.10. The van der Waals surface area contributed by atoms with Crippen LogP contribution in [0.1, 0.15) is 42.2 Å². The monoisotopic (exact) mass is 401 g/mol. The number of thiophene rings is 1. The van der Waals surface area contributed by atoms with Crippen molar-refractivity contribution in [3.63, 3.8) is 0 Å². The van der Waals surface area contributed by atoms with E-state index >= 15 is 0 Å². The molecule has 1 aliphatic heterocycles. The van der Waals surface area contributed by atoms with Crippen molar-refractivity contribution in [1.82, 2.24) is 14.4 Å². The van der Waals surface area contributed by atoms with Crippen LogP contribution < -0.4 is 0 Å². The molecule has 3 aromatic rings. The summed E-state index contributed by atoms with van der Waals surface area (Å²) >= 11 is 1.21. The van der Waals surface area contributed by atoms with E-state index < -0.39 is 10.0 Å². The molecule has 0 radical (unpaired) electrons. The summed E-state index contributed by atoms with van der Waals surface area (Å²) in [4.78, 5) is 4.46. The van der Waals surface area contributed by atoms with E-state index in [4.69, 9.17) is 4.52 Å². The highest BCUT2D eigenvalue weighted by molar-refractivity contribution is 7.91. The van der Waals surface area contributed by atoms with Gasteiger partial charge in [0.1, 0.15) is 4.21 Å². The highest BCUT2D eigenvalue weighted by atomic mass is 32.2. The molecule has 1 saturated carbocycles. The van der Waals surface area contributed by atoms with Gasteiger partial charge in [0.2, 0.25) is 11.7 Å². The Kier molecular flexibility index (Phi) is 4.14. The van der Waals surface area contributed by atoms with Crippen LogP contribution in [0.3, 0.4) is 0 Å². The zero-order valence-corrected chi connectivity index (χ0v) is 16.3. The third kappa shape index (κ3) is 3.01. The summed E-state index contributed by atoms with van der Waals surface area (Å²) in [6.45, 7) is 0.917. The van der Waals surface area contributed by atoms with E-state index in [0.29, 0.717) is 40.5 Å². The molecule has 27 heavy (non-hydrogen) atoms. The van der Waals surface area contributed by atoms with Crippen LogP contribution in [0, 0.1) is 0 Å². The molecule has 0 unspecified atom stereocenters. The molecule has 3 heterocycles. The van der Waals surface area contributed by atoms with Crippen molar-refractivity contribution in [1.29, 1.82) is 0 Å². The minimum absolute atomic E-state index is 0.326. The molecule has 0 amide bonds. The maximum Gasteiger partial charge on any atom is 0.252 e. The lowest BCUT2D eigenvalue weighted by Gasteiger charge is -2.27. The molecule has 2 aromatic heterocycles. The zero-order valence-electron chi connectivity index (χ0n) is 14.7. The molecule has 0 saturated heterocycles. The molecule has 0 N–H and O–H groups in total. The Morgan fingerprint density at radius 3 is 2.78 bits per heavy atom. The summed E-state index contributed by atoms with van der Waals surface area (Å²) < 4.78 is 33.4. The molecule has 0 bridgehead atoms. The number of hydrogen-bond acceptors (Lipinski definition) is 6. The SMILES string of the molecule is O=S(=O)(c1cc(-c2noc(C3CCC3)n2)cs1)N1CCc2ccccc2C1. The van der Waals surface area contributed by atoms with Crippen LogP contribution in [0.2, 0.25) is 0 Å².